The number of benzene rings is 2. The van der Waals surface area contributed by atoms with Gasteiger partial charge in [0.2, 0.25) is 5.91 Å². The Bertz CT molecular complexity index is 1200. The van der Waals surface area contributed by atoms with E-state index in [0.717, 1.165) is 48.5 Å². The summed E-state index contributed by atoms with van der Waals surface area (Å²) in [5.41, 5.74) is 2.80. The molecule has 5 rings (SSSR count). The maximum Gasteiger partial charge on any atom is 0.240 e. The quantitative estimate of drug-likeness (QED) is 0.378. The van der Waals surface area contributed by atoms with Crippen LogP contribution in [-0.4, -0.2) is 38.7 Å². The van der Waals surface area contributed by atoms with E-state index in [4.69, 9.17) is 4.42 Å². The smallest absolute Gasteiger partial charge is 0.240 e. The molecule has 1 amide bonds. The SMILES string of the molecule is Cc1occc1-c1nnc(SC(C(=O)N2CCCC2)c2ccccc2)n1-c1ccccc1. The van der Waals surface area contributed by atoms with Gasteiger partial charge in [-0.3, -0.25) is 9.36 Å². The van der Waals surface area contributed by atoms with Crippen LogP contribution in [0.25, 0.3) is 17.1 Å². The number of hydrogen-bond donors (Lipinski definition) is 0. The van der Waals surface area contributed by atoms with Crippen LogP contribution in [0.2, 0.25) is 0 Å². The van der Waals surface area contributed by atoms with E-state index in [1.165, 1.54) is 11.8 Å². The summed E-state index contributed by atoms with van der Waals surface area (Å²) in [7, 11) is 0. The lowest BCUT2D eigenvalue weighted by Crippen LogP contribution is -2.31. The lowest BCUT2D eigenvalue weighted by Gasteiger charge is -2.23. The summed E-state index contributed by atoms with van der Waals surface area (Å²) in [5, 5.41) is 9.32. The van der Waals surface area contributed by atoms with Gasteiger partial charge >= 0.3 is 0 Å². The first-order valence-electron chi connectivity index (χ1n) is 10.8. The van der Waals surface area contributed by atoms with Crippen molar-refractivity contribution in [2.75, 3.05) is 13.1 Å². The van der Waals surface area contributed by atoms with Gasteiger partial charge in [-0.05, 0) is 43.5 Å². The van der Waals surface area contributed by atoms with E-state index >= 15 is 0 Å². The molecule has 0 spiro atoms. The first-order chi connectivity index (χ1) is 15.7. The van der Waals surface area contributed by atoms with Crippen LogP contribution in [0.5, 0.6) is 0 Å². The summed E-state index contributed by atoms with van der Waals surface area (Å²) >= 11 is 1.45. The van der Waals surface area contributed by atoms with E-state index in [-0.39, 0.29) is 11.2 Å². The number of likely N-dealkylation sites (tertiary alicyclic amines) is 1. The third kappa shape index (κ3) is 3.96. The lowest BCUT2D eigenvalue weighted by molar-refractivity contribution is -0.129. The van der Waals surface area contributed by atoms with Crippen molar-refractivity contribution in [1.82, 2.24) is 19.7 Å². The molecule has 2 aromatic heterocycles. The zero-order valence-corrected chi connectivity index (χ0v) is 18.7. The van der Waals surface area contributed by atoms with Crippen molar-refractivity contribution in [2.24, 2.45) is 0 Å². The normalized spacial score (nSPS) is 14.6. The standard InChI is InChI=1S/C25H24N4O2S/c1-18-21(14-17-31-18)23-26-27-25(29(23)20-12-6-3-7-13-20)32-22(19-10-4-2-5-11-19)24(30)28-15-8-9-16-28/h2-7,10-14,17,22H,8-9,15-16H2,1H3. The molecule has 2 aromatic carbocycles. The van der Waals surface area contributed by atoms with Gasteiger partial charge in [-0.25, -0.2) is 0 Å². The summed E-state index contributed by atoms with van der Waals surface area (Å²) in [6, 6.07) is 21.8. The number of furan rings is 1. The molecule has 0 aliphatic carbocycles. The average Bonchev–Trinajstić information content (AvgIpc) is 3.59. The number of rotatable bonds is 6. The molecule has 0 radical (unpaired) electrons. The van der Waals surface area contributed by atoms with Crippen LogP contribution >= 0.6 is 11.8 Å². The number of para-hydroxylation sites is 1. The highest BCUT2D eigenvalue weighted by atomic mass is 32.2. The van der Waals surface area contributed by atoms with Gasteiger partial charge in [0.1, 0.15) is 11.0 Å². The molecule has 4 aromatic rings. The zero-order valence-electron chi connectivity index (χ0n) is 17.8. The minimum absolute atomic E-state index is 0.127. The van der Waals surface area contributed by atoms with Gasteiger partial charge in [0, 0.05) is 18.8 Å². The molecule has 32 heavy (non-hydrogen) atoms. The fraction of sp³-hybridized carbons (Fsp3) is 0.240. The number of carbonyl (C=O) groups is 1. The van der Waals surface area contributed by atoms with Crippen molar-refractivity contribution in [3.8, 4) is 17.1 Å². The maximum absolute atomic E-state index is 13.5. The Morgan fingerprint density at radius 1 is 0.969 bits per heavy atom. The molecule has 0 bridgehead atoms. The number of aromatic nitrogens is 3. The predicted octanol–water partition coefficient (Wildman–Crippen LogP) is 5.29. The van der Waals surface area contributed by atoms with Crippen LogP contribution in [0, 0.1) is 6.92 Å². The molecule has 1 aliphatic rings. The summed E-state index contributed by atoms with van der Waals surface area (Å²) < 4.78 is 7.54. The van der Waals surface area contributed by atoms with Crippen LogP contribution in [0.3, 0.4) is 0 Å². The molecule has 1 fully saturated rings. The molecule has 1 saturated heterocycles. The van der Waals surface area contributed by atoms with Gasteiger partial charge in [0.25, 0.3) is 0 Å². The summed E-state index contributed by atoms with van der Waals surface area (Å²) in [6.45, 7) is 3.54. The number of amides is 1. The Labute approximate surface area is 191 Å². The van der Waals surface area contributed by atoms with Gasteiger partial charge in [0.05, 0.1) is 11.8 Å². The molecule has 0 N–H and O–H groups in total. The summed E-state index contributed by atoms with van der Waals surface area (Å²) in [6.07, 6.45) is 3.77. The van der Waals surface area contributed by atoms with E-state index in [9.17, 15) is 4.79 Å². The average molecular weight is 445 g/mol. The van der Waals surface area contributed by atoms with Gasteiger partial charge in [-0.1, -0.05) is 60.3 Å². The van der Waals surface area contributed by atoms with E-state index in [1.807, 2.05) is 83.1 Å². The fourth-order valence-corrected chi connectivity index (χ4v) is 5.18. The third-order valence-corrected chi connectivity index (χ3v) is 6.90. The minimum atomic E-state index is -0.390. The third-order valence-electron chi connectivity index (χ3n) is 5.72. The highest BCUT2D eigenvalue weighted by molar-refractivity contribution is 8.00. The first kappa shape index (κ1) is 20.6. The molecule has 0 saturated carbocycles. The number of carbonyl (C=O) groups excluding carboxylic acids is 1. The van der Waals surface area contributed by atoms with E-state index in [1.54, 1.807) is 6.26 Å². The topological polar surface area (TPSA) is 64.2 Å². The predicted molar refractivity (Wildman–Crippen MR) is 125 cm³/mol. The Kier molecular flexibility index (Phi) is 5.81. The molecular formula is C25H24N4O2S. The first-order valence-corrected chi connectivity index (χ1v) is 11.7. The lowest BCUT2D eigenvalue weighted by atomic mass is 10.1. The summed E-state index contributed by atoms with van der Waals surface area (Å²) in [4.78, 5) is 15.5. The zero-order chi connectivity index (χ0) is 21.9. The van der Waals surface area contributed by atoms with Gasteiger partial charge in [-0.2, -0.15) is 0 Å². The van der Waals surface area contributed by atoms with Crippen LogP contribution in [0.15, 0.2) is 82.6 Å². The molecule has 162 valence electrons. The minimum Gasteiger partial charge on any atom is -0.469 e. The summed E-state index contributed by atoms with van der Waals surface area (Å²) in [5.74, 6) is 1.60. The second-order valence-electron chi connectivity index (χ2n) is 7.81. The molecule has 3 heterocycles. The van der Waals surface area contributed by atoms with E-state index in [0.29, 0.717) is 11.0 Å². The van der Waals surface area contributed by atoms with E-state index < -0.39 is 0 Å². The number of thioether (sulfide) groups is 1. The van der Waals surface area contributed by atoms with Crippen LogP contribution in [-0.2, 0) is 4.79 Å². The monoisotopic (exact) mass is 444 g/mol. The highest BCUT2D eigenvalue weighted by Crippen LogP contribution is 2.39. The van der Waals surface area contributed by atoms with Crippen molar-refractivity contribution in [3.63, 3.8) is 0 Å². The number of hydrogen-bond acceptors (Lipinski definition) is 5. The van der Waals surface area contributed by atoms with E-state index in [2.05, 4.69) is 10.2 Å². The van der Waals surface area contributed by atoms with Gasteiger partial charge in [-0.15, -0.1) is 10.2 Å². The van der Waals surface area contributed by atoms with Crippen LogP contribution < -0.4 is 0 Å². The van der Waals surface area contributed by atoms with Crippen molar-refractivity contribution in [1.29, 1.82) is 0 Å². The Balaban J connectivity index is 1.59. The molecular weight excluding hydrogens is 420 g/mol. The highest BCUT2D eigenvalue weighted by Gasteiger charge is 2.31. The molecule has 1 unspecified atom stereocenters. The van der Waals surface area contributed by atoms with Crippen molar-refractivity contribution in [3.05, 3.63) is 84.3 Å². The van der Waals surface area contributed by atoms with Crippen molar-refractivity contribution in [2.45, 2.75) is 30.2 Å². The second-order valence-corrected chi connectivity index (χ2v) is 8.88. The molecule has 1 atom stereocenters. The maximum atomic E-state index is 13.5. The molecule has 7 heteroatoms. The van der Waals surface area contributed by atoms with Crippen LogP contribution in [0.4, 0.5) is 0 Å². The molecule has 1 aliphatic heterocycles. The van der Waals surface area contributed by atoms with Crippen molar-refractivity contribution >= 4 is 17.7 Å². The van der Waals surface area contributed by atoms with Crippen molar-refractivity contribution < 1.29 is 9.21 Å². The Hall–Kier alpha value is -3.32. The van der Waals surface area contributed by atoms with Crippen LogP contribution in [0.1, 0.15) is 29.4 Å². The Morgan fingerprint density at radius 3 is 2.31 bits per heavy atom. The fourth-order valence-electron chi connectivity index (χ4n) is 4.05. The largest absolute Gasteiger partial charge is 0.469 e. The molecule has 6 nitrogen and oxygen atoms in total. The Morgan fingerprint density at radius 2 is 1.66 bits per heavy atom. The second kappa shape index (κ2) is 9.04. The van der Waals surface area contributed by atoms with Gasteiger partial charge in [0.15, 0.2) is 11.0 Å². The number of aryl methyl sites for hydroxylation is 1. The van der Waals surface area contributed by atoms with Gasteiger partial charge < -0.3 is 9.32 Å². The number of nitrogens with zero attached hydrogens (tertiary/aromatic N) is 4.